The molecule has 3 rings (SSSR count). The zero-order chi connectivity index (χ0) is 16.1. The van der Waals surface area contributed by atoms with E-state index in [9.17, 15) is 0 Å². The Morgan fingerprint density at radius 1 is 1.25 bits per heavy atom. The Kier molecular flexibility index (Phi) is 7.72. The zero-order valence-corrected chi connectivity index (χ0v) is 17.9. The summed E-state index contributed by atoms with van der Waals surface area (Å²) in [5.74, 6) is 0.982. The summed E-state index contributed by atoms with van der Waals surface area (Å²) in [4.78, 5) is 4.43. The van der Waals surface area contributed by atoms with Crippen LogP contribution in [0.2, 0.25) is 0 Å². The summed E-state index contributed by atoms with van der Waals surface area (Å²) >= 11 is 2.00. The first-order chi connectivity index (χ1) is 11.2. The maximum absolute atomic E-state index is 4.43. The fourth-order valence-electron chi connectivity index (χ4n) is 3.57. The fraction of sp³-hybridized carbons (Fsp3) is 0.632. The highest BCUT2D eigenvalue weighted by atomic mass is 127. The molecule has 2 saturated carbocycles. The highest BCUT2D eigenvalue weighted by molar-refractivity contribution is 14.0. The van der Waals surface area contributed by atoms with Crippen LogP contribution >= 0.6 is 35.7 Å². The van der Waals surface area contributed by atoms with Crippen LogP contribution in [0.1, 0.15) is 37.7 Å². The lowest BCUT2D eigenvalue weighted by Gasteiger charge is -2.21. The van der Waals surface area contributed by atoms with Crippen LogP contribution in [-0.2, 0) is 6.42 Å². The van der Waals surface area contributed by atoms with Gasteiger partial charge in [-0.1, -0.05) is 30.3 Å². The molecule has 0 heterocycles. The van der Waals surface area contributed by atoms with Crippen molar-refractivity contribution in [3.05, 3.63) is 35.9 Å². The maximum atomic E-state index is 4.43. The van der Waals surface area contributed by atoms with Crippen molar-refractivity contribution in [2.45, 2.75) is 49.8 Å². The molecule has 134 valence electrons. The maximum Gasteiger partial charge on any atom is 0.191 e. The minimum absolute atomic E-state index is 0. The molecule has 2 fully saturated rings. The molecule has 0 aromatic heterocycles. The minimum Gasteiger partial charge on any atom is -0.356 e. The van der Waals surface area contributed by atoms with E-state index in [0.29, 0.717) is 11.5 Å². The topological polar surface area (TPSA) is 36.4 Å². The van der Waals surface area contributed by atoms with Crippen LogP contribution in [0.15, 0.2) is 35.3 Å². The number of benzene rings is 1. The van der Waals surface area contributed by atoms with Crippen molar-refractivity contribution in [3.8, 4) is 0 Å². The van der Waals surface area contributed by atoms with Gasteiger partial charge in [0.15, 0.2) is 5.96 Å². The minimum atomic E-state index is 0. The highest BCUT2D eigenvalue weighted by Gasteiger charge is 2.42. The number of hydrogen-bond donors (Lipinski definition) is 2. The van der Waals surface area contributed by atoms with Crippen LogP contribution in [-0.4, -0.2) is 37.1 Å². The monoisotopic (exact) mass is 459 g/mol. The Labute approximate surface area is 167 Å². The molecule has 0 radical (unpaired) electrons. The smallest absolute Gasteiger partial charge is 0.191 e. The predicted molar refractivity (Wildman–Crippen MR) is 117 cm³/mol. The zero-order valence-electron chi connectivity index (χ0n) is 14.8. The van der Waals surface area contributed by atoms with Gasteiger partial charge in [-0.05, 0) is 55.8 Å². The van der Waals surface area contributed by atoms with Gasteiger partial charge in [0.2, 0.25) is 0 Å². The average Bonchev–Trinajstić information content (AvgIpc) is 3.19. The van der Waals surface area contributed by atoms with Gasteiger partial charge in [-0.25, -0.2) is 0 Å². The Morgan fingerprint density at radius 2 is 2.00 bits per heavy atom. The molecule has 2 aliphatic carbocycles. The number of thioether (sulfide) groups is 1. The number of guanidine groups is 1. The van der Waals surface area contributed by atoms with Crippen molar-refractivity contribution < 1.29 is 0 Å². The Morgan fingerprint density at radius 3 is 2.58 bits per heavy atom. The third-order valence-electron chi connectivity index (χ3n) is 5.29. The van der Waals surface area contributed by atoms with E-state index in [1.54, 1.807) is 0 Å². The number of nitrogens with zero attached hydrogens (tertiary/aromatic N) is 1. The molecular weight excluding hydrogens is 429 g/mol. The Hall–Kier alpha value is -0.430. The molecule has 0 saturated heterocycles. The van der Waals surface area contributed by atoms with Crippen LogP contribution in [0.25, 0.3) is 0 Å². The van der Waals surface area contributed by atoms with Crippen LogP contribution in [0.3, 0.4) is 0 Å². The van der Waals surface area contributed by atoms with Crippen LogP contribution in [0.4, 0.5) is 0 Å². The van der Waals surface area contributed by atoms with Gasteiger partial charge < -0.3 is 10.6 Å². The lowest BCUT2D eigenvalue weighted by molar-refractivity contribution is 0.488. The molecule has 24 heavy (non-hydrogen) atoms. The molecule has 0 spiro atoms. The molecule has 2 unspecified atom stereocenters. The second-order valence-corrected chi connectivity index (χ2v) is 8.24. The number of hydrogen-bond acceptors (Lipinski definition) is 2. The summed E-state index contributed by atoms with van der Waals surface area (Å²) < 4.78 is 0. The van der Waals surface area contributed by atoms with E-state index in [2.05, 4.69) is 52.2 Å². The number of rotatable bonds is 6. The van der Waals surface area contributed by atoms with Gasteiger partial charge in [-0.2, -0.15) is 11.8 Å². The van der Waals surface area contributed by atoms with Gasteiger partial charge in [0, 0.05) is 24.9 Å². The van der Waals surface area contributed by atoms with E-state index in [-0.39, 0.29) is 24.0 Å². The quantitative estimate of drug-likeness (QED) is 0.383. The first kappa shape index (κ1) is 19.9. The van der Waals surface area contributed by atoms with E-state index in [1.807, 2.05) is 18.8 Å². The standard InChI is InChI=1S/C19H29N3S.HI/c1-20-18(22-16-8-9-17(12-16)23-2)21-14-19(10-11-19)13-15-6-4-3-5-7-15;/h3-7,16-17H,8-14H2,1-2H3,(H2,20,21,22);1H. The van der Waals surface area contributed by atoms with Gasteiger partial charge >= 0.3 is 0 Å². The largest absolute Gasteiger partial charge is 0.356 e. The molecule has 0 aliphatic heterocycles. The predicted octanol–water partition coefficient (Wildman–Crippen LogP) is 4.08. The van der Waals surface area contributed by atoms with Gasteiger partial charge in [0.05, 0.1) is 0 Å². The molecule has 1 aromatic carbocycles. The highest BCUT2D eigenvalue weighted by Crippen LogP contribution is 2.47. The second kappa shape index (κ2) is 9.32. The van der Waals surface area contributed by atoms with Crippen molar-refractivity contribution in [2.24, 2.45) is 10.4 Å². The molecule has 0 bridgehead atoms. The average molecular weight is 459 g/mol. The van der Waals surface area contributed by atoms with Crippen molar-refractivity contribution in [1.29, 1.82) is 0 Å². The summed E-state index contributed by atoms with van der Waals surface area (Å²) in [5, 5.41) is 8.02. The molecule has 2 N–H and O–H groups in total. The molecule has 2 aliphatic rings. The van der Waals surface area contributed by atoms with E-state index in [1.165, 1.54) is 44.1 Å². The first-order valence-electron chi connectivity index (χ1n) is 8.77. The van der Waals surface area contributed by atoms with Crippen molar-refractivity contribution in [1.82, 2.24) is 10.6 Å². The Bertz CT molecular complexity index is 531. The molecule has 2 atom stereocenters. The van der Waals surface area contributed by atoms with E-state index < -0.39 is 0 Å². The number of nitrogens with one attached hydrogen (secondary N) is 2. The van der Waals surface area contributed by atoms with E-state index in [4.69, 9.17) is 0 Å². The van der Waals surface area contributed by atoms with Crippen molar-refractivity contribution >= 4 is 41.7 Å². The van der Waals surface area contributed by atoms with Gasteiger partial charge in [0.25, 0.3) is 0 Å². The third kappa shape index (κ3) is 5.55. The van der Waals surface area contributed by atoms with Crippen molar-refractivity contribution in [2.75, 3.05) is 19.8 Å². The fourth-order valence-corrected chi connectivity index (χ4v) is 4.36. The van der Waals surface area contributed by atoms with Crippen LogP contribution < -0.4 is 10.6 Å². The lowest BCUT2D eigenvalue weighted by atomic mass is 9.96. The van der Waals surface area contributed by atoms with E-state index >= 15 is 0 Å². The second-order valence-electron chi connectivity index (χ2n) is 7.10. The van der Waals surface area contributed by atoms with Crippen LogP contribution in [0, 0.1) is 5.41 Å². The van der Waals surface area contributed by atoms with Gasteiger partial charge in [-0.15, -0.1) is 24.0 Å². The molecule has 1 aromatic rings. The summed E-state index contributed by atoms with van der Waals surface area (Å²) in [6, 6.07) is 11.4. The van der Waals surface area contributed by atoms with Gasteiger partial charge in [0.1, 0.15) is 0 Å². The number of aliphatic imine (C=N–C) groups is 1. The molecule has 3 nitrogen and oxygen atoms in total. The van der Waals surface area contributed by atoms with Gasteiger partial charge in [-0.3, -0.25) is 4.99 Å². The van der Waals surface area contributed by atoms with E-state index in [0.717, 1.165) is 17.8 Å². The molecule has 0 amide bonds. The lowest BCUT2D eigenvalue weighted by Crippen LogP contribution is -2.44. The summed E-state index contributed by atoms with van der Waals surface area (Å²) in [6.45, 7) is 1.03. The summed E-state index contributed by atoms with van der Waals surface area (Å²) in [7, 11) is 1.88. The Balaban J connectivity index is 0.00000208. The third-order valence-corrected chi connectivity index (χ3v) is 6.39. The molecular formula is C19H30IN3S. The van der Waals surface area contributed by atoms with Crippen molar-refractivity contribution in [3.63, 3.8) is 0 Å². The number of halogens is 1. The summed E-state index contributed by atoms with van der Waals surface area (Å²) in [5.41, 5.74) is 1.89. The van der Waals surface area contributed by atoms with Crippen LogP contribution in [0.5, 0.6) is 0 Å². The first-order valence-corrected chi connectivity index (χ1v) is 10.1. The SMILES string of the molecule is CN=C(NCC1(Cc2ccccc2)CC1)NC1CCC(SC)C1.I. The normalized spacial score (nSPS) is 25.0. The summed E-state index contributed by atoms with van der Waals surface area (Å²) in [6.07, 6.45) is 9.90. The molecule has 5 heteroatoms.